The Kier molecular flexibility index (Phi) is 9.89. The molecule has 0 bridgehead atoms. The van der Waals surface area contributed by atoms with Crippen LogP contribution in [0, 0.1) is 23.2 Å². The van der Waals surface area contributed by atoms with Crippen molar-refractivity contribution < 1.29 is 42.2 Å². The zero-order chi connectivity index (χ0) is 30.9. The van der Waals surface area contributed by atoms with Crippen molar-refractivity contribution in [2.75, 3.05) is 20.3 Å². The second kappa shape index (κ2) is 12.7. The normalized spacial score (nSPS) is 33.5. The average molecular weight is 611 g/mol. The number of sulfonamides is 1. The van der Waals surface area contributed by atoms with Gasteiger partial charge in [-0.05, 0) is 71.1 Å². The van der Waals surface area contributed by atoms with E-state index in [2.05, 4.69) is 4.72 Å². The minimum absolute atomic E-state index is 0.0112. The lowest BCUT2D eigenvalue weighted by molar-refractivity contribution is -0.160. The van der Waals surface area contributed by atoms with Gasteiger partial charge in [0, 0.05) is 33.1 Å². The van der Waals surface area contributed by atoms with E-state index in [9.17, 15) is 32.7 Å². The number of amides is 2. The first kappa shape index (κ1) is 32.6. The number of rotatable bonds is 7. The van der Waals surface area contributed by atoms with Crippen LogP contribution in [0.5, 0.6) is 0 Å². The fraction of sp³-hybridized carbons (Fsp3) is 0.800. The van der Waals surface area contributed by atoms with E-state index in [1.807, 2.05) is 12.2 Å². The lowest BCUT2D eigenvalue weighted by Crippen LogP contribution is -2.48. The monoisotopic (exact) mass is 610 g/mol. The molecule has 3 fully saturated rings. The Bertz CT molecular complexity index is 1190. The van der Waals surface area contributed by atoms with Crippen LogP contribution in [0.2, 0.25) is 0 Å². The van der Waals surface area contributed by atoms with Crippen LogP contribution in [-0.2, 0) is 38.7 Å². The quantitative estimate of drug-likeness (QED) is 0.326. The zero-order valence-corrected chi connectivity index (χ0v) is 26.0. The van der Waals surface area contributed by atoms with Crippen molar-refractivity contribution in [3.05, 3.63) is 12.2 Å². The summed E-state index contributed by atoms with van der Waals surface area (Å²) in [7, 11) is -2.26. The lowest BCUT2D eigenvalue weighted by atomic mass is 9.84. The van der Waals surface area contributed by atoms with Gasteiger partial charge >= 0.3 is 5.97 Å². The lowest BCUT2D eigenvalue weighted by Gasteiger charge is -2.33. The number of methoxy groups -OCH3 is 1. The Labute approximate surface area is 248 Å². The number of nitrogens with zero attached hydrogens (tertiary/aromatic N) is 1. The van der Waals surface area contributed by atoms with E-state index in [1.54, 1.807) is 27.9 Å². The highest BCUT2D eigenvalue weighted by molar-refractivity contribution is 7.90. The molecule has 4 rings (SSSR count). The summed E-state index contributed by atoms with van der Waals surface area (Å²) in [5.74, 6) is -3.46. The van der Waals surface area contributed by atoms with E-state index in [-0.39, 0.29) is 44.2 Å². The highest BCUT2D eigenvalue weighted by Crippen LogP contribution is 2.57. The number of nitrogens with one attached hydrogen (secondary N) is 1. The van der Waals surface area contributed by atoms with E-state index in [4.69, 9.17) is 9.47 Å². The molecule has 42 heavy (non-hydrogen) atoms. The van der Waals surface area contributed by atoms with Gasteiger partial charge in [0.25, 0.3) is 0 Å². The highest BCUT2D eigenvalue weighted by atomic mass is 32.2. The number of ether oxygens (including phenoxy) is 2. The third-order valence-electron chi connectivity index (χ3n) is 8.85. The number of carbonyl (C=O) groups excluding carboxylic acids is 4. The Morgan fingerprint density at radius 1 is 1.17 bits per heavy atom. The van der Waals surface area contributed by atoms with Crippen molar-refractivity contribution in [3.63, 3.8) is 0 Å². The molecule has 0 aromatic rings. The zero-order valence-electron chi connectivity index (χ0n) is 25.2. The van der Waals surface area contributed by atoms with Gasteiger partial charge in [0.2, 0.25) is 21.8 Å². The average Bonchev–Trinajstić information content (AvgIpc) is 3.80. The van der Waals surface area contributed by atoms with Crippen LogP contribution in [0.1, 0.15) is 85.0 Å². The number of hydrogen-bond acceptors (Lipinski definition) is 9. The van der Waals surface area contributed by atoms with E-state index >= 15 is 0 Å². The first-order valence-electron chi connectivity index (χ1n) is 15.1. The SMILES string of the molecule is COC[C@@H]1CCCC/C=C\[C@@H]2C[C@@]2(C(=O)NS(=O)(=O)C2CC2)CC(=O)[C@@H]2C[C@@H](O)CN2C(=O)[C@H]1CC(=O)OC(C)(C)C. The molecule has 4 aliphatic rings. The number of fused-ring (bicyclic) bond motifs is 2. The molecule has 0 aromatic heterocycles. The van der Waals surface area contributed by atoms with Gasteiger partial charge in [-0.25, -0.2) is 8.42 Å². The van der Waals surface area contributed by atoms with Crippen molar-refractivity contribution >= 4 is 33.6 Å². The van der Waals surface area contributed by atoms with Gasteiger partial charge in [0.1, 0.15) is 5.60 Å². The summed E-state index contributed by atoms with van der Waals surface area (Å²) >= 11 is 0. The number of hydrogen-bond donors (Lipinski definition) is 2. The molecule has 236 valence electrons. The molecular formula is C30H46N2O9S. The van der Waals surface area contributed by atoms with Crippen LogP contribution in [0.4, 0.5) is 0 Å². The second-order valence-electron chi connectivity index (χ2n) is 13.5. The fourth-order valence-corrected chi connectivity index (χ4v) is 7.77. The summed E-state index contributed by atoms with van der Waals surface area (Å²) in [6.07, 6.45) is 6.75. The summed E-state index contributed by atoms with van der Waals surface area (Å²) in [6.45, 7) is 5.43. The number of ketones is 1. The topological polar surface area (TPSA) is 156 Å². The smallest absolute Gasteiger partial charge is 0.307 e. The number of carbonyl (C=O) groups is 4. The van der Waals surface area contributed by atoms with Crippen LogP contribution in [-0.4, -0.2) is 85.2 Å². The van der Waals surface area contributed by atoms with Gasteiger partial charge in [-0.15, -0.1) is 0 Å². The maximum absolute atomic E-state index is 14.1. The molecule has 0 aromatic carbocycles. The van der Waals surface area contributed by atoms with E-state index in [0.29, 0.717) is 32.1 Å². The van der Waals surface area contributed by atoms with Crippen LogP contribution < -0.4 is 4.72 Å². The van der Waals surface area contributed by atoms with Crippen LogP contribution >= 0.6 is 0 Å². The molecule has 2 aliphatic carbocycles. The molecule has 2 saturated carbocycles. The largest absolute Gasteiger partial charge is 0.460 e. The van der Waals surface area contributed by atoms with Crippen molar-refractivity contribution in [2.45, 2.75) is 108 Å². The van der Waals surface area contributed by atoms with Gasteiger partial charge < -0.3 is 19.5 Å². The minimum Gasteiger partial charge on any atom is -0.460 e. The summed E-state index contributed by atoms with van der Waals surface area (Å²) in [4.78, 5) is 55.7. The van der Waals surface area contributed by atoms with Crippen molar-refractivity contribution in [2.24, 2.45) is 23.2 Å². The molecule has 2 heterocycles. The number of esters is 1. The number of Topliss-reactive ketones (excluding diaryl/α,β-unsaturated/α-hetero) is 1. The molecule has 2 aliphatic heterocycles. The van der Waals surface area contributed by atoms with Gasteiger partial charge in [0.15, 0.2) is 5.78 Å². The van der Waals surface area contributed by atoms with Gasteiger partial charge in [-0.1, -0.05) is 18.6 Å². The molecule has 2 amide bonds. The third kappa shape index (κ3) is 7.79. The van der Waals surface area contributed by atoms with Gasteiger partial charge in [0.05, 0.1) is 35.1 Å². The van der Waals surface area contributed by atoms with E-state index in [0.717, 1.165) is 12.8 Å². The standard InChI is InChI=1S/C30H46N2O9S/c1-29(2,3)41-26(35)14-23-19(18-40-4)9-7-5-6-8-10-20-15-30(20,28(37)31-42(38,39)22-11-12-22)16-25(34)24-13-21(33)17-32(24)27(23)36/h8,10,19-24,33H,5-7,9,11-18H2,1-4H3,(H,31,37)/b10-8-/t19-,20+,21+,23-,24-,30+/m0/s1. The Balaban J connectivity index is 1.63. The summed E-state index contributed by atoms with van der Waals surface area (Å²) in [5, 5.41) is 10.0. The number of aliphatic hydroxyl groups excluding tert-OH is 1. The third-order valence-corrected chi connectivity index (χ3v) is 10.7. The maximum Gasteiger partial charge on any atom is 0.307 e. The molecule has 0 radical (unpaired) electrons. The van der Waals surface area contributed by atoms with Gasteiger partial charge in [-0.2, -0.15) is 0 Å². The number of aliphatic hydroxyl groups is 1. The van der Waals surface area contributed by atoms with Crippen molar-refractivity contribution in [3.8, 4) is 0 Å². The molecular weight excluding hydrogens is 564 g/mol. The number of allylic oxidation sites excluding steroid dienone is 2. The first-order valence-corrected chi connectivity index (χ1v) is 16.7. The van der Waals surface area contributed by atoms with E-state index in [1.165, 1.54) is 4.90 Å². The molecule has 2 N–H and O–H groups in total. The van der Waals surface area contributed by atoms with Crippen molar-refractivity contribution in [1.82, 2.24) is 9.62 Å². The predicted octanol–water partition coefficient (Wildman–Crippen LogP) is 2.26. The van der Waals surface area contributed by atoms with Crippen LogP contribution in [0.3, 0.4) is 0 Å². The Morgan fingerprint density at radius 2 is 1.88 bits per heavy atom. The summed E-state index contributed by atoms with van der Waals surface area (Å²) < 4.78 is 38.4. The predicted molar refractivity (Wildman–Crippen MR) is 153 cm³/mol. The fourth-order valence-electron chi connectivity index (χ4n) is 6.39. The first-order chi connectivity index (χ1) is 19.7. The maximum atomic E-state index is 14.1. The summed E-state index contributed by atoms with van der Waals surface area (Å²) in [6, 6.07) is -0.989. The molecule has 6 atom stereocenters. The van der Waals surface area contributed by atoms with Crippen LogP contribution in [0.15, 0.2) is 12.2 Å². The molecule has 12 heteroatoms. The molecule has 1 saturated heterocycles. The molecule has 0 spiro atoms. The Hall–Kier alpha value is -2.31. The minimum atomic E-state index is -3.80. The molecule has 0 unspecified atom stereocenters. The van der Waals surface area contributed by atoms with Crippen LogP contribution in [0.25, 0.3) is 0 Å². The van der Waals surface area contributed by atoms with Gasteiger partial charge in [-0.3, -0.25) is 23.9 Å². The molecule has 11 nitrogen and oxygen atoms in total. The van der Waals surface area contributed by atoms with E-state index < -0.39 is 67.9 Å². The summed E-state index contributed by atoms with van der Waals surface area (Å²) in [5.41, 5.74) is -1.96. The Morgan fingerprint density at radius 3 is 2.52 bits per heavy atom. The second-order valence-corrected chi connectivity index (χ2v) is 15.5. The van der Waals surface area contributed by atoms with Crippen molar-refractivity contribution in [1.29, 1.82) is 0 Å². The highest BCUT2D eigenvalue weighted by Gasteiger charge is 2.61.